The minimum absolute atomic E-state index is 0.501. The SMILES string of the molecule is CCC1(CNC=O)CC1. The van der Waals surface area contributed by atoms with Crippen molar-refractivity contribution in [1.82, 2.24) is 5.32 Å². The van der Waals surface area contributed by atoms with Crippen LogP contribution in [0.2, 0.25) is 0 Å². The van der Waals surface area contributed by atoms with Gasteiger partial charge in [0.2, 0.25) is 6.41 Å². The summed E-state index contributed by atoms with van der Waals surface area (Å²) in [5, 5.41) is 2.72. The van der Waals surface area contributed by atoms with E-state index in [2.05, 4.69) is 12.2 Å². The quantitative estimate of drug-likeness (QED) is 0.559. The van der Waals surface area contributed by atoms with Crippen LogP contribution in [0.25, 0.3) is 0 Å². The lowest BCUT2D eigenvalue weighted by Crippen LogP contribution is -2.21. The fourth-order valence-corrected chi connectivity index (χ4v) is 1.09. The summed E-state index contributed by atoms with van der Waals surface area (Å²) >= 11 is 0. The number of carbonyl (C=O) groups excluding carboxylic acids is 1. The molecule has 0 unspecified atom stereocenters. The van der Waals surface area contributed by atoms with E-state index in [9.17, 15) is 4.79 Å². The van der Waals surface area contributed by atoms with E-state index in [0.717, 1.165) is 13.0 Å². The predicted octanol–water partition coefficient (Wildman–Crippen LogP) is 0.923. The number of amides is 1. The van der Waals surface area contributed by atoms with Gasteiger partial charge in [-0.25, -0.2) is 0 Å². The summed E-state index contributed by atoms with van der Waals surface area (Å²) in [5.41, 5.74) is 0.501. The highest BCUT2D eigenvalue weighted by Crippen LogP contribution is 2.47. The summed E-state index contributed by atoms with van der Waals surface area (Å²) in [6.45, 7) is 3.06. The highest BCUT2D eigenvalue weighted by Gasteiger charge is 2.39. The first kappa shape index (κ1) is 6.59. The van der Waals surface area contributed by atoms with Crippen LogP contribution in [0.15, 0.2) is 0 Å². The molecule has 0 saturated heterocycles. The van der Waals surface area contributed by atoms with Gasteiger partial charge in [0.15, 0.2) is 0 Å². The third kappa shape index (κ3) is 1.44. The zero-order valence-electron chi connectivity index (χ0n) is 5.81. The molecule has 1 saturated carbocycles. The molecule has 9 heavy (non-hydrogen) atoms. The minimum Gasteiger partial charge on any atom is -0.358 e. The van der Waals surface area contributed by atoms with Gasteiger partial charge >= 0.3 is 0 Å². The van der Waals surface area contributed by atoms with E-state index in [1.807, 2.05) is 0 Å². The van der Waals surface area contributed by atoms with Crippen LogP contribution in [0, 0.1) is 5.41 Å². The standard InChI is InChI=1S/C7H13NO/c1-2-7(3-4-7)5-8-6-9/h6H,2-5H2,1H3,(H,8,9). The highest BCUT2D eigenvalue weighted by molar-refractivity contribution is 5.46. The molecule has 0 spiro atoms. The molecule has 1 amide bonds. The minimum atomic E-state index is 0.501. The molecule has 0 bridgehead atoms. The molecule has 0 aromatic carbocycles. The molecule has 1 aliphatic rings. The second-order valence-corrected chi connectivity index (χ2v) is 2.85. The lowest BCUT2D eigenvalue weighted by molar-refractivity contribution is -0.109. The molecule has 0 aromatic rings. The van der Waals surface area contributed by atoms with E-state index in [1.165, 1.54) is 19.3 Å². The van der Waals surface area contributed by atoms with Crippen LogP contribution < -0.4 is 5.32 Å². The molecule has 1 fully saturated rings. The van der Waals surface area contributed by atoms with Gasteiger partial charge in [0, 0.05) is 6.54 Å². The summed E-state index contributed by atoms with van der Waals surface area (Å²) in [6, 6.07) is 0. The van der Waals surface area contributed by atoms with Crippen LogP contribution in [0.5, 0.6) is 0 Å². The highest BCUT2D eigenvalue weighted by atomic mass is 16.1. The molecule has 1 N–H and O–H groups in total. The van der Waals surface area contributed by atoms with Crippen LogP contribution in [0.4, 0.5) is 0 Å². The molecular formula is C7H13NO. The van der Waals surface area contributed by atoms with E-state index < -0.39 is 0 Å². The van der Waals surface area contributed by atoms with Crippen molar-refractivity contribution in [2.24, 2.45) is 5.41 Å². The smallest absolute Gasteiger partial charge is 0.207 e. The lowest BCUT2D eigenvalue weighted by atomic mass is 10.0. The van der Waals surface area contributed by atoms with Crippen molar-refractivity contribution in [1.29, 1.82) is 0 Å². The zero-order valence-corrected chi connectivity index (χ0v) is 5.81. The Kier molecular flexibility index (Phi) is 1.74. The van der Waals surface area contributed by atoms with Crippen molar-refractivity contribution in [3.8, 4) is 0 Å². The molecule has 1 rings (SSSR count). The lowest BCUT2D eigenvalue weighted by Gasteiger charge is -2.09. The largest absolute Gasteiger partial charge is 0.358 e. The molecule has 0 aliphatic heterocycles. The Labute approximate surface area is 55.6 Å². The Hall–Kier alpha value is -0.530. The number of hydrogen-bond donors (Lipinski definition) is 1. The van der Waals surface area contributed by atoms with Crippen molar-refractivity contribution < 1.29 is 4.79 Å². The van der Waals surface area contributed by atoms with Gasteiger partial charge < -0.3 is 5.32 Å². The first-order chi connectivity index (χ1) is 4.33. The fourth-order valence-electron chi connectivity index (χ4n) is 1.09. The zero-order chi connectivity index (χ0) is 6.74. The van der Waals surface area contributed by atoms with E-state index >= 15 is 0 Å². The Balaban J connectivity index is 2.17. The molecular weight excluding hydrogens is 114 g/mol. The van der Waals surface area contributed by atoms with Crippen molar-refractivity contribution >= 4 is 6.41 Å². The van der Waals surface area contributed by atoms with Crippen molar-refractivity contribution in [3.05, 3.63) is 0 Å². The molecule has 0 aromatic heterocycles. The summed E-state index contributed by atoms with van der Waals surface area (Å²) < 4.78 is 0. The number of carbonyl (C=O) groups is 1. The first-order valence-electron chi connectivity index (χ1n) is 3.50. The number of rotatable bonds is 4. The monoisotopic (exact) mass is 127 g/mol. The van der Waals surface area contributed by atoms with Crippen LogP contribution in [-0.4, -0.2) is 13.0 Å². The summed E-state index contributed by atoms with van der Waals surface area (Å²) in [7, 11) is 0. The summed E-state index contributed by atoms with van der Waals surface area (Å²) in [6.07, 6.45) is 4.58. The third-order valence-electron chi connectivity index (χ3n) is 2.27. The van der Waals surface area contributed by atoms with Gasteiger partial charge in [-0.15, -0.1) is 0 Å². The summed E-state index contributed by atoms with van der Waals surface area (Å²) in [4.78, 5) is 9.88. The van der Waals surface area contributed by atoms with Gasteiger partial charge in [-0.1, -0.05) is 6.92 Å². The van der Waals surface area contributed by atoms with Crippen LogP contribution in [0.3, 0.4) is 0 Å². The van der Waals surface area contributed by atoms with E-state index in [0.29, 0.717) is 5.41 Å². The maximum atomic E-state index is 9.88. The average molecular weight is 127 g/mol. The van der Waals surface area contributed by atoms with Crippen LogP contribution in [-0.2, 0) is 4.79 Å². The molecule has 1 aliphatic carbocycles. The van der Waals surface area contributed by atoms with Gasteiger partial charge in [-0.05, 0) is 24.7 Å². The first-order valence-corrected chi connectivity index (χ1v) is 3.50. The van der Waals surface area contributed by atoms with Gasteiger partial charge in [0.25, 0.3) is 0 Å². The second-order valence-electron chi connectivity index (χ2n) is 2.85. The number of nitrogens with one attached hydrogen (secondary N) is 1. The van der Waals surface area contributed by atoms with Crippen molar-refractivity contribution in [2.45, 2.75) is 26.2 Å². The topological polar surface area (TPSA) is 29.1 Å². The Morgan fingerprint density at radius 3 is 2.67 bits per heavy atom. The van der Waals surface area contributed by atoms with Gasteiger partial charge in [-0.2, -0.15) is 0 Å². The predicted molar refractivity (Wildman–Crippen MR) is 36.0 cm³/mol. The molecule has 0 radical (unpaired) electrons. The molecule has 52 valence electrons. The van der Waals surface area contributed by atoms with Gasteiger partial charge in [-0.3, -0.25) is 4.79 Å². The molecule has 2 heteroatoms. The Morgan fingerprint density at radius 2 is 2.33 bits per heavy atom. The maximum Gasteiger partial charge on any atom is 0.207 e. The van der Waals surface area contributed by atoms with E-state index in [-0.39, 0.29) is 0 Å². The molecule has 0 heterocycles. The number of hydrogen-bond acceptors (Lipinski definition) is 1. The maximum absolute atomic E-state index is 9.88. The van der Waals surface area contributed by atoms with E-state index in [1.54, 1.807) is 0 Å². The second kappa shape index (κ2) is 2.38. The van der Waals surface area contributed by atoms with Crippen molar-refractivity contribution in [2.75, 3.05) is 6.54 Å². The molecule has 2 nitrogen and oxygen atoms in total. The Bertz CT molecular complexity index is 107. The average Bonchev–Trinajstić information content (AvgIpc) is 2.65. The van der Waals surface area contributed by atoms with Crippen LogP contribution in [0.1, 0.15) is 26.2 Å². The van der Waals surface area contributed by atoms with Gasteiger partial charge in [0.1, 0.15) is 0 Å². The molecule has 0 atom stereocenters. The fraction of sp³-hybridized carbons (Fsp3) is 0.857. The Morgan fingerprint density at radius 1 is 1.67 bits per heavy atom. The van der Waals surface area contributed by atoms with Crippen LogP contribution >= 0.6 is 0 Å². The third-order valence-corrected chi connectivity index (χ3v) is 2.27. The van der Waals surface area contributed by atoms with Crippen molar-refractivity contribution in [3.63, 3.8) is 0 Å². The normalized spacial score (nSPS) is 21.0. The van der Waals surface area contributed by atoms with Gasteiger partial charge in [0.05, 0.1) is 0 Å². The summed E-state index contributed by atoms with van der Waals surface area (Å²) in [5.74, 6) is 0. The van der Waals surface area contributed by atoms with E-state index in [4.69, 9.17) is 0 Å².